The summed E-state index contributed by atoms with van der Waals surface area (Å²) in [4.78, 5) is 71.6. The highest BCUT2D eigenvalue weighted by molar-refractivity contribution is 5.97. The molecular formula is C30H37FN4O5. The van der Waals surface area contributed by atoms with E-state index < -0.39 is 35.6 Å². The molecule has 2 aromatic rings. The summed E-state index contributed by atoms with van der Waals surface area (Å²) in [6, 6.07) is 3.77. The van der Waals surface area contributed by atoms with Gasteiger partial charge in [-0.25, -0.2) is 9.37 Å². The number of carbonyl (C=O) groups is 5. The van der Waals surface area contributed by atoms with Crippen LogP contribution in [0, 0.1) is 23.6 Å². The van der Waals surface area contributed by atoms with Crippen molar-refractivity contribution in [3.05, 3.63) is 59.9 Å². The summed E-state index contributed by atoms with van der Waals surface area (Å²) in [6.07, 6.45) is 8.19. The molecule has 0 saturated heterocycles. The molecule has 1 heterocycles. The molecule has 1 aliphatic carbocycles. The van der Waals surface area contributed by atoms with E-state index in [1.165, 1.54) is 42.9 Å². The number of carbonyl (C=O) groups excluding carboxylic acids is 5. The van der Waals surface area contributed by atoms with Crippen LogP contribution in [-0.4, -0.2) is 51.7 Å². The third-order valence-corrected chi connectivity index (χ3v) is 7.13. The molecule has 1 fully saturated rings. The predicted octanol–water partition coefficient (Wildman–Crippen LogP) is 3.41. The lowest BCUT2D eigenvalue weighted by atomic mass is 9.83. The first-order valence-electron chi connectivity index (χ1n) is 13.8. The number of Topliss-reactive ketones (excluding diaryl/α,β-unsaturated/α-hetero) is 2. The third kappa shape index (κ3) is 9.43. The molecule has 0 bridgehead atoms. The molecule has 0 radical (unpaired) electrons. The second kappa shape index (κ2) is 15.1. The lowest BCUT2D eigenvalue weighted by Gasteiger charge is -2.26. The van der Waals surface area contributed by atoms with Gasteiger partial charge in [-0.05, 0) is 55.7 Å². The van der Waals surface area contributed by atoms with Gasteiger partial charge in [0.2, 0.25) is 5.91 Å². The molecule has 1 aliphatic rings. The predicted molar refractivity (Wildman–Crippen MR) is 146 cm³/mol. The molecule has 3 rings (SSSR count). The molecular weight excluding hydrogens is 515 g/mol. The van der Waals surface area contributed by atoms with Gasteiger partial charge < -0.3 is 15.4 Å². The van der Waals surface area contributed by atoms with Crippen molar-refractivity contribution < 1.29 is 28.4 Å². The zero-order valence-corrected chi connectivity index (χ0v) is 23.0. The number of hydrogen-bond acceptors (Lipinski definition) is 7. The maximum Gasteiger partial charge on any atom is 0.272 e. The first-order valence-corrected chi connectivity index (χ1v) is 13.8. The van der Waals surface area contributed by atoms with E-state index >= 15 is 0 Å². The summed E-state index contributed by atoms with van der Waals surface area (Å²) in [5.74, 6) is -2.67. The van der Waals surface area contributed by atoms with Crippen LogP contribution in [0.4, 0.5) is 4.39 Å². The maximum atomic E-state index is 13.6. The van der Waals surface area contributed by atoms with Gasteiger partial charge in [0.25, 0.3) is 5.91 Å². The highest BCUT2D eigenvalue weighted by Gasteiger charge is 2.31. The largest absolute Gasteiger partial charge is 0.346 e. The minimum atomic E-state index is -1.01. The van der Waals surface area contributed by atoms with Crippen LogP contribution >= 0.6 is 0 Å². The van der Waals surface area contributed by atoms with Crippen LogP contribution in [0.3, 0.4) is 0 Å². The number of nitrogens with zero attached hydrogens (tertiary/aromatic N) is 2. The van der Waals surface area contributed by atoms with Crippen molar-refractivity contribution in [2.75, 3.05) is 0 Å². The van der Waals surface area contributed by atoms with Gasteiger partial charge in [0, 0.05) is 37.1 Å². The summed E-state index contributed by atoms with van der Waals surface area (Å²) < 4.78 is 13.5. The quantitative estimate of drug-likeness (QED) is 0.343. The van der Waals surface area contributed by atoms with Gasteiger partial charge in [-0.15, -0.1) is 0 Å². The minimum Gasteiger partial charge on any atom is -0.346 e. The second-order valence-electron chi connectivity index (χ2n) is 10.8. The van der Waals surface area contributed by atoms with Crippen molar-refractivity contribution in [1.29, 1.82) is 0 Å². The smallest absolute Gasteiger partial charge is 0.272 e. The number of ketones is 2. The summed E-state index contributed by atoms with van der Waals surface area (Å²) in [7, 11) is 0. The van der Waals surface area contributed by atoms with Crippen LogP contribution in [0.25, 0.3) is 0 Å². The Morgan fingerprint density at radius 2 is 1.85 bits per heavy atom. The Balaban J connectivity index is 1.74. The maximum absolute atomic E-state index is 13.6. The summed E-state index contributed by atoms with van der Waals surface area (Å²) >= 11 is 0. The van der Waals surface area contributed by atoms with Gasteiger partial charge in [-0.3, -0.25) is 24.2 Å². The molecule has 10 heteroatoms. The molecule has 0 unspecified atom stereocenters. The van der Waals surface area contributed by atoms with Crippen LogP contribution in [0.2, 0.25) is 0 Å². The highest BCUT2D eigenvalue weighted by atomic mass is 19.1. The van der Waals surface area contributed by atoms with Gasteiger partial charge in [0.1, 0.15) is 23.6 Å². The van der Waals surface area contributed by atoms with E-state index in [-0.39, 0.29) is 48.4 Å². The number of aromatic nitrogens is 2. The molecule has 9 nitrogen and oxygen atoms in total. The van der Waals surface area contributed by atoms with Crippen molar-refractivity contribution in [3.8, 4) is 0 Å². The van der Waals surface area contributed by atoms with Crippen molar-refractivity contribution in [2.45, 2.75) is 77.3 Å². The first-order chi connectivity index (χ1) is 19.2. The first kappa shape index (κ1) is 30.7. The van der Waals surface area contributed by atoms with Gasteiger partial charge in [0.05, 0.1) is 18.3 Å². The molecule has 1 aromatic carbocycles. The van der Waals surface area contributed by atoms with E-state index in [1.807, 2.05) is 13.8 Å². The molecule has 2 N–H and O–H groups in total. The molecule has 40 heavy (non-hydrogen) atoms. The van der Waals surface area contributed by atoms with Gasteiger partial charge in [0.15, 0.2) is 5.78 Å². The van der Waals surface area contributed by atoms with Crippen molar-refractivity contribution in [2.24, 2.45) is 17.8 Å². The Bertz CT molecular complexity index is 1170. The van der Waals surface area contributed by atoms with Crippen LogP contribution in [0.5, 0.6) is 0 Å². The zero-order chi connectivity index (χ0) is 29.1. The molecule has 0 spiro atoms. The van der Waals surface area contributed by atoms with E-state index in [9.17, 15) is 28.4 Å². The number of benzene rings is 1. The number of aldehydes is 1. The second-order valence-corrected chi connectivity index (χ2v) is 10.8. The SMILES string of the molecule is CC(C)C[C@H](CC(=O)[C@H](Cc1ccc(F)cc1)NC(=O)c1cnccn1)C(=O)N[C@H](C=O)C[C@@H]1CCCCC1=O. The lowest BCUT2D eigenvalue weighted by Crippen LogP contribution is -2.46. The highest BCUT2D eigenvalue weighted by Crippen LogP contribution is 2.25. The average Bonchev–Trinajstić information content (AvgIpc) is 2.94. The van der Waals surface area contributed by atoms with Crippen LogP contribution < -0.4 is 10.6 Å². The van der Waals surface area contributed by atoms with Crippen molar-refractivity contribution in [3.63, 3.8) is 0 Å². The van der Waals surface area contributed by atoms with Crippen LogP contribution in [-0.2, 0) is 25.6 Å². The summed E-state index contributed by atoms with van der Waals surface area (Å²) in [5, 5.41) is 5.44. The van der Waals surface area contributed by atoms with E-state index in [0.29, 0.717) is 31.1 Å². The van der Waals surface area contributed by atoms with Crippen molar-refractivity contribution >= 4 is 29.7 Å². The Kier molecular flexibility index (Phi) is 11.6. The fraction of sp³-hybridized carbons (Fsp3) is 0.500. The van der Waals surface area contributed by atoms with E-state index in [0.717, 1.165) is 12.8 Å². The van der Waals surface area contributed by atoms with E-state index in [1.54, 1.807) is 0 Å². The third-order valence-electron chi connectivity index (χ3n) is 7.13. The van der Waals surface area contributed by atoms with Gasteiger partial charge in [-0.1, -0.05) is 32.4 Å². The van der Waals surface area contributed by atoms with Gasteiger partial charge in [-0.2, -0.15) is 0 Å². The van der Waals surface area contributed by atoms with Gasteiger partial charge >= 0.3 is 0 Å². The normalized spacial score (nSPS) is 17.5. The monoisotopic (exact) mass is 552 g/mol. The minimum absolute atomic E-state index is 0.0296. The average molecular weight is 553 g/mol. The number of amides is 2. The molecule has 0 aliphatic heterocycles. The van der Waals surface area contributed by atoms with Crippen LogP contribution in [0.1, 0.15) is 74.8 Å². The number of nitrogens with one attached hydrogen (secondary N) is 2. The Labute approximate surface area is 233 Å². The number of rotatable bonds is 14. The van der Waals surface area contributed by atoms with Crippen LogP contribution in [0.15, 0.2) is 42.9 Å². The molecule has 1 saturated carbocycles. The summed E-state index contributed by atoms with van der Waals surface area (Å²) in [5.41, 5.74) is 0.657. The Morgan fingerprint density at radius 3 is 2.48 bits per heavy atom. The molecule has 2 amide bonds. The number of hydrogen-bond donors (Lipinski definition) is 2. The Hall–Kier alpha value is -3.82. The summed E-state index contributed by atoms with van der Waals surface area (Å²) in [6.45, 7) is 3.85. The fourth-order valence-corrected chi connectivity index (χ4v) is 5.05. The van der Waals surface area contributed by atoms with Crippen molar-refractivity contribution in [1.82, 2.24) is 20.6 Å². The number of halogens is 1. The van der Waals surface area contributed by atoms with E-state index in [2.05, 4.69) is 20.6 Å². The fourth-order valence-electron chi connectivity index (χ4n) is 5.05. The zero-order valence-electron chi connectivity index (χ0n) is 23.0. The molecule has 4 atom stereocenters. The molecule has 214 valence electrons. The standard InChI is InChI=1S/C30H37FN4O5/c1-19(2)13-22(29(39)34-24(18-36)15-21-5-3-4-6-27(21)37)16-28(38)25(14-20-7-9-23(31)10-8-20)35-30(40)26-17-32-11-12-33-26/h7-12,17-19,21-22,24-25H,3-6,13-16H2,1-2H3,(H,34,39)(H,35,40)/t21-,22+,24-,25-/m0/s1. The topological polar surface area (TPSA) is 135 Å². The lowest BCUT2D eigenvalue weighted by molar-refractivity contribution is -0.132. The molecule has 1 aromatic heterocycles. The van der Waals surface area contributed by atoms with E-state index in [4.69, 9.17) is 0 Å². The Morgan fingerprint density at radius 1 is 1.10 bits per heavy atom.